The van der Waals surface area contributed by atoms with Crippen LogP contribution >= 0.6 is 11.3 Å². The van der Waals surface area contributed by atoms with Gasteiger partial charge >= 0.3 is 0 Å². The molecule has 11 rings (SSSR count). The van der Waals surface area contributed by atoms with E-state index in [1.165, 1.54) is 4.70 Å². The summed E-state index contributed by atoms with van der Waals surface area (Å²) in [5, 5.41) is 3.15. The van der Waals surface area contributed by atoms with Crippen molar-refractivity contribution in [2.45, 2.75) is 0 Å². The van der Waals surface area contributed by atoms with Gasteiger partial charge < -0.3 is 4.42 Å². The van der Waals surface area contributed by atoms with E-state index < -0.39 is 0 Å². The van der Waals surface area contributed by atoms with Crippen LogP contribution in [-0.4, -0.2) is 24.9 Å². The first kappa shape index (κ1) is 32.1. The highest BCUT2D eigenvalue weighted by molar-refractivity contribution is 7.26. The molecule has 0 saturated carbocycles. The number of furan rings is 1. The zero-order valence-electron chi connectivity index (χ0n) is 29.8. The molecular formula is C49H29N5OS. The summed E-state index contributed by atoms with van der Waals surface area (Å²) in [6.45, 7) is 0. The molecule has 0 atom stereocenters. The Labute approximate surface area is 325 Å². The number of aromatic nitrogens is 5. The maximum absolute atomic E-state index is 6.67. The minimum absolute atomic E-state index is 0.602. The van der Waals surface area contributed by atoms with Gasteiger partial charge in [0.2, 0.25) is 0 Å². The molecule has 0 bridgehead atoms. The molecule has 0 aliphatic heterocycles. The first-order valence-electron chi connectivity index (χ1n) is 18.4. The molecule has 0 N–H and O–H groups in total. The van der Waals surface area contributed by atoms with Gasteiger partial charge in [0.25, 0.3) is 0 Å². The smallest absolute Gasteiger partial charge is 0.164 e. The summed E-state index contributed by atoms with van der Waals surface area (Å²) in [5.41, 5.74) is 10.3. The number of fused-ring (bicyclic) bond motifs is 6. The van der Waals surface area contributed by atoms with Crippen molar-refractivity contribution in [2.24, 2.45) is 0 Å². The van der Waals surface area contributed by atoms with Crippen molar-refractivity contribution in [3.8, 4) is 67.9 Å². The van der Waals surface area contributed by atoms with Crippen molar-refractivity contribution < 1.29 is 4.42 Å². The average Bonchev–Trinajstić information content (AvgIpc) is 3.85. The van der Waals surface area contributed by atoms with Gasteiger partial charge in [0.15, 0.2) is 23.3 Å². The molecule has 0 aliphatic rings. The maximum Gasteiger partial charge on any atom is 0.164 e. The number of para-hydroxylation sites is 1. The Morgan fingerprint density at radius 1 is 0.375 bits per heavy atom. The van der Waals surface area contributed by atoms with Crippen LogP contribution in [0.3, 0.4) is 0 Å². The molecule has 6 nitrogen and oxygen atoms in total. The number of benzene rings is 7. The van der Waals surface area contributed by atoms with E-state index in [-0.39, 0.29) is 0 Å². The summed E-state index contributed by atoms with van der Waals surface area (Å²) in [5.74, 6) is 2.56. The van der Waals surface area contributed by atoms with Gasteiger partial charge in [-0.05, 0) is 35.9 Å². The number of nitrogens with zero attached hydrogens (tertiary/aromatic N) is 5. The highest BCUT2D eigenvalue weighted by Gasteiger charge is 2.19. The van der Waals surface area contributed by atoms with Crippen LogP contribution < -0.4 is 0 Å². The predicted octanol–water partition coefficient (Wildman–Crippen LogP) is 12.9. The lowest BCUT2D eigenvalue weighted by atomic mass is 9.99. The van der Waals surface area contributed by atoms with E-state index in [4.69, 9.17) is 29.3 Å². The Morgan fingerprint density at radius 2 is 0.929 bits per heavy atom. The molecule has 0 amide bonds. The van der Waals surface area contributed by atoms with Gasteiger partial charge in [-0.15, -0.1) is 11.3 Å². The molecule has 4 aromatic heterocycles. The Kier molecular flexibility index (Phi) is 7.57. The van der Waals surface area contributed by atoms with Crippen LogP contribution in [0.2, 0.25) is 0 Å². The van der Waals surface area contributed by atoms with Gasteiger partial charge in [-0.2, -0.15) is 0 Å². The van der Waals surface area contributed by atoms with Crippen LogP contribution in [0.1, 0.15) is 0 Å². The largest absolute Gasteiger partial charge is 0.455 e. The predicted molar refractivity (Wildman–Crippen MR) is 228 cm³/mol. The minimum atomic E-state index is 0.602. The van der Waals surface area contributed by atoms with E-state index in [9.17, 15) is 0 Å². The standard InChI is InChI=1S/C49H29N5OS/c1-4-14-30(15-5-1)46-50-42(45-43(51-46)38-22-10-11-25-41(38)56-45)34-21-12-20-33(28-34)36-23-13-24-37-39-29-35(26-27-40(39)55-44(36)37)49-53-47(31-16-6-2-7-17-31)52-48(54-49)32-18-8-3-9-19-32/h1-29H. The Balaban J connectivity index is 1.04. The monoisotopic (exact) mass is 735 g/mol. The lowest BCUT2D eigenvalue weighted by molar-refractivity contribution is 0.670. The SMILES string of the molecule is c1ccc(-c2nc(-c3ccccc3)nc(-c3ccc4oc5c(-c6cccc(-c7nc(-c8ccccc8)nc8c7sc7ccccc78)c6)cccc5c4c3)n2)cc1. The topological polar surface area (TPSA) is 77.6 Å². The maximum atomic E-state index is 6.67. The Morgan fingerprint density at radius 3 is 1.62 bits per heavy atom. The van der Waals surface area contributed by atoms with Crippen molar-refractivity contribution >= 4 is 53.6 Å². The highest BCUT2D eigenvalue weighted by atomic mass is 32.1. The van der Waals surface area contributed by atoms with Crippen molar-refractivity contribution in [2.75, 3.05) is 0 Å². The van der Waals surface area contributed by atoms with Crippen molar-refractivity contribution in [1.29, 1.82) is 0 Å². The van der Waals surface area contributed by atoms with Gasteiger partial charge in [0.1, 0.15) is 11.2 Å². The summed E-state index contributed by atoms with van der Waals surface area (Å²) in [4.78, 5) is 25.1. The van der Waals surface area contributed by atoms with E-state index in [1.807, 2.05) is 91.0 Å². The highest BCUT2D eigenvalue weighted by Crippen LogP contribution is 2.42. The van der Waals surface area contributed by atoms with E-state index in [1.54, 1.807) is 11.3 Å². The number of hydrogen-bond acceptors (Lipinski definition) is 7. The quantitative estimate of drug-likeness (QED) is 0.169. The van der Waals surface area contributed by atoms with Gasteiger partial charge in [-0.3, -0.25) is 0 Å². The molecule has 0 spiro atoms. The molecule has 0 fully saturated rings. The fourth-order valence-corrected chi connectivity index (χ4v) is 8.59. The Hall–Kier alpha value is -7.35. The zero-order chi connectivity index (χ0) is 37.0. The molecule has 7 heteroatoms. The lowest BCUT2D eigenvalue weighted by Gasteiger charge is -2.09. The molecule has 56 heavy (non-hydrogen) atoms. The molecular weight excluding hydrogens is 707 g/mol. The van der Waals surface area contributed by atoms with Gasteiger partial charge in [-0.25, -0.2) is 24.9 Å². The van der Waals surface area contributed by atoms with Crippen LogP contribution in [0.4, 0.5) is 0 Å². The molecule has 7 aromatic carbocycles. The van der Waals surface area contributed by atoms with Gasteiger partial charge in [0.05, 0.1) is 15.9 Å². The number of thiophene rings is 1. The molecule has 11 aromatic rings. The van der Waals surface area contributed by atoms with E-state index in [0.29, 0.717) is 23.3 Å². The van der Waals surface area contributed by atoms with E-state index in [0.717, 1.165) is 82.2 Å². The van der Waals surface area contributed by atoms with Crippen LogP contribution in [-0.2, 0) is 0 Å². The Bertz CT molecular complexity index is 3190. The summed E-state index contributed by atoms with van der Waals surface area (Å²) < 4.78 is 8.93. The molecule has 4 heterocycles. The fourth-order valence-electron chi connectivity index (χ4n) is 7.44. The van der Waals surface area contributed by atoms with Crippen LogP contribution in [0, 0.1) is 0 Å². The second-order valence-corrected chi connectivity index (χ2v) is 14.7. The van der Waals surface area contributed by atoms with E-state index >= 15 is 0 Å². The van der Waals surface area contributed by atoms with Crippen molar-refractivity contribution in [1.82, 2.24) is 24.9 Å². The summed E-state index contributed by atoms with van der Waals surface area (Å²) in [6, 6.07) is 59.8. The summed E-state index contributed by atoms with van der Waals surface area (Å²) >= 11 is 1.74. The first-order chi connectivity index (χ1) is 27.7. The zero-order valence-corrected chi connectivity index (χ0v) is 30.6. The second-order valence-electron chi connectivity index (χ2n) is 13.7. The van der Waals surface area contributed by atoms with Gasteiger partial charge in [-0.1, -0.05) is 146 Å². The van der Waals surface area contributed by atoms with Crippen LogP contribution in [0.15, 0.2) is 180 Å². The average molecular weight is 736 g/mol. The van der Waals surface area contributed by atoms with Crippen molar-refractivity contribution in [3.63, 3.8) is 0 Å². The molecule has 0 radical (unpaired) electrons. The first-order valence-corrected chi connectivity index (χ1v) is 19.2. The third kappa shape index (κ3) is 5.52. The van der Waals surface area contributed by atoms with Crippen molar-refractivity contribution in [3.05, 3.63) is 176 Å². The number of rotatable bonds is 6. The second kappa shape index (κ2) is 13.2. The normalized spacial score (nSPS) is 11.6. The van der Waals surface area contributed by atoms with E-state index in [2.05, 4.69) is 84.9 Å². The molecule has 0 aliphatic carbocycles. The molecule has 262 valence electrons. The molecule has 0 saturated heterocycles. The lowest BCUT2D eigenvalue weighted by Crippen LogP contribution is -2.00. The van der Waals surface area contributed by atoms with Gasteiger partial charge in [0, 0.05) is 54.2 Å². The van der Waals surface area contributed by atoms with Crippen LogP contribution in [0.25, 0.3) is 110 Å². The fraction of sp³-hybridized carbons (Fsp3) is 0. The minimum Gasteiger partial charge on any atom is -0.455 e. The summed E-state index contributed by atoms with van der Waals surface area (Å²) in [6.07, 6.45) is 0. The number of hydrogen-bond donors (Lipinski definition) is 0. The molecule has 0 unspecified atom stereocenters. The summed E-state index contributed by atoms with van der Waals surface area (Å²) in [7, 11) is 0. The third-order valence-electron chi connectivity index (χ3n) is 10.2. The third-order valence-corrected chi connectivity index (χ3v) is 11.3. The van der Waals surface area contributed by atoms with Crippen LogP contribution in [0.5, 0.6) is 0 Å².